The van der Waals surface area contributed by atoms with E-state index in [1.54, 1.807) is 12.1 Å². The van der Waals surface area contributed by atoms with E-state index in [0.29, 0.717) is 33.2 Å². The highest BCUT2D eigenvalue weighted by Gasteiger charge is 2.07. The molecule has 0 amide bonds. The first-order chi connectivity index (χ1) is 9.10. The number of carbonyl (C=O) groups excluding carboxylic acids is 1. The molecule has 0 aliphatic heterocycles. The van der Waals surface area contributed by atoms with Crippen molar-refractivity contribution in [3.05, 3.63) is 63.4 Å². The van der Waals surface area contributed by atoms with Gasteiger partial charge >= 0.3 is 0 Å². The average molecular weight is 299 g/mol. The van der Waals surface area contributed by atoms with Crippen molar-refractivity contribution in [3.63, 3.8) is 0 Å². The van der Waals surface area contributed by atoms with Gasteiger partial charge < -0.3 is 4.74 Å². The Morgan fingerprint density at radius 2 is 1.79 bits per heavy atom. The van der Waals surface area contributed by atoms with Crippen LogP contribution in [0.15, 0.2) is 36.4 Å². The lowest BCUT2D eigenvalue weighted by Gasteiger charge is -2.09. The van der Waals surface area contributed by atoms with Gasteiger partial charge in [0, 0.05) is 15.6 Å². The number of aldehydes is 1. The Kier molecular flexibility index (Phi) is 4.40. The minimum Gasteiger partial charge on any atom is -0.488 e. The maximum absolute atomic E-state index is 13.5. The number of benzene rings is 2. The number of rotatable bonds is 4. The molecule has 2 aromatic rings. The molecule has 2 rings (SSSR count). The molecular formula is C14H9Cl2FO2. The van der Waals surface area contributed by atoms with E-state index >= 15 is 0 Å². The molecule has 98 valence electrons. The third-order valence-corrected chi connectivity index (χ3v) is 2.96. The fourth-order valence-electron chi connectivity index (χ4n) is 1.55. The van der Waals surface area contributed by atoms with Crippen LogP contribution in [-0.4, -0.2) is 6.29 Å². The molecule has 0 saturated carbocycles. The molecule has 0 unspecified atom stereocenters. The Morgan fingerprint density at radius 1 is 1.11 bits per heavy atom. The summed E-state index contributed by atoms with van der Waals surface area (Å²) in [6.45, 7) is -0.0190. The minimum absolute atomic E-state index is 0.0190. The first-order valence-electron chi connectivity index (χ1n) is 5.41. The van der Waals surface area contributed by atoms with Gasteiger partial charge in [0.15, 0.2) is 6.29 Å². The first-order valence-corrected chi connectivity index (χ1v) is 6.17. The first kappa shape index (κ1) is 13.8. The lowest BCUT2D eigenvalue weighted by Crippen LogP contribution is -2.00. The molecular weight excluding hydrogens is 290 g/mol. The van der Waals surface area contributed by atoms with Crippen LogP contribution in [0.25, 0.3) is 0 Å². The van der Waals surface area contributed by atoms with Crippen molar-refractivity contribution in [2.75, 3.05) is 0 Å². The number of ether oxygens (including phenoxy) is 1. The molecule has 2 nitrogen and oxygen atoms in total. The van der Waals surface area contributed by atoms with Crippen LogP contribution in [0, 0.1) is 5.82 Å². The topological polar surface area (TPSA) is 26.3 Å². The second kappa shape index (κ2) is 6.04. The predicted octanol–water partition coefficient (Wildman–Crippen LogP) is 4.52. The van der Waals surface area contributed by atoms with Crippen LogP contribution in [0.3, 0.4) is 0 Å². The molecule has 5 heteroatoms. The maximum atomic E-state index is 13.5. The summed E-state index contributed by atoms with van der Waals surface area (Å²) in [4.78, 5) is 10.9. The van der Waals surface area contributed by atoms with Crippen LogP contribution in [0.2, 0.25) is 10.0 Å². The van der Waals surface area contributed by atoms with Crippen LogP contribution in [0.1, 0.15) is 15.9 Å². The van der Waals surface area contributed by atoms with E-state index in [0.717, 1.165) is 0 Å². The summed E-state index contributed by atoms with van der Waals surface area (Å²) in [7, 11) is 0. The van der Waals surface area contributed by atoms with Gasteiger partial charge in [0.2, 0.25) is 0 Å². The second-order valence-corrected chi connectivity index (χ2v) is 4.70. The standard InChI is InChI=1S/C14H9Cl2FO2/c15-11-1-3-13(17)10(6-11)8-19-14-4-2-12(16)5-9(14)7-18/h1-7H,8H2. The van der Waals surface area contributed by atoms with Crippen molar-refractivity contribution in [2.24, 2.45) is 0 Å². The fourth-order valence-corrected chi connectivity index (χ4v) is 1.93. The Hall–Kier alpha value is -1.58. The van der Waals surface area contributed by atoms with Crippen molar-refractivity contribution in [1.82, 2.24) is 0 Å². The fraction of sp³-hybridized carbons (Fsp3) is 0.0714. The van der Waals surface area contributed by atoms with E-state index in [1.807, 2.05) is 0 Å². The summed E-state index contributed by atoms with van der Waals surface area (Å²) < 4.78 is 18.9. The third kappa shape index (κ3) is 3.46. The Bertz CT molecular complexity index is 614. The van der Waals surface area contributed by atoms with E-state index in [1.165, 1.54) is 24.3 Å². The molecule has 19 heavy (non-hydrogen) atoms. The molecule has 0 N–H and O–H groups in total. The number of halogens is 3. The lowest BCUT2D eigenvalue weighted by atomic mass is 10.2. The molecule has 0 spiro atoms. The van der Waals surface area contributed by atoms with Gasteiger partial charge in [-0.2, -0.15) is 0 Å². The Labute approximate surface area is 119 Å². The van der Waals surface area contributed by atoms with Crippen molar-refractivity contribution in [1.29, 1.82) is 0 Å². The smallest absolute Gasteiger partial charge is 0.153 e. The van der Waals surface area contributed by atoms with Gasteiger partial charge in [-0.25, -0.2) is 4.39 Å². The van der Waals surface area contributed by atoms with Crippen molar-refractivity contribution in [3.8, 4) is 5.75 Å². The average Bonchev–Trinajstić information content (AvgIpc) is 2.40. The molecule has 0 fully saturated rings. The molecule has 0 bridgehead atoms. The molecule has 2 aromatic carbocycles. The zero-order chi connectivity index (χ0) is 13.8. The molecule has 0 heterocycles. The Balaban J connectivity index is 2.18. The Morgan fingerprint density at radius 3 is 2.53 bits per heavy atom. The largest absolute Gasteiger partial charge is 0.488 e. The van der Waals surface area contributed by atoms with Crippen molar-refractivity contribution >= 4 is 29.5 Å². The van der Waals surface area contributed by atoms with Gasteiger partial charge in [0.25, 0.3) is 0 Å². The maximum Gasteiger partial charge on any atom is 0.153 e. The van der Waals surface area contributed by atoms with Crippen molar-refractivity contribution < 1.29 is 13.9 Å². The number of hydrogen-bond donors (Lipinski definition) is 0. The molecule has 0 aromatic heterocycles. The molecule has 0 atom stereocenters. The normalized spacial score (nSPS) is 10.3. The highest BCUT2D eigenvalue weighted by atomic mass is 35.5. The van der Waals surface area contributed by atoms with E-state index in [4.69, 9.17) is 27.9 Å². The summed E-state index contributed by atoms with van der Waals surface area (Å²) in [5, 5.41) is 0.857. The summed E-state index contributed by atoms with van der Waals surface area (Å²) in [5.74, 6) is -0.0650. The van der Waals surface area contributed by atoms with E-state index in [9.17, 15) is 9.18 Å². The monoisotopic (exact) mass is 298 g/mol. The summed E-state index contributed by atoms with van der Waals surface area (Å²) in [6.07, 6.45) is 0.634. The highest BCUT2D eigenvalue weighted by Crippen LogP contribution is 2.23. The highest BCUT2D eigenvalue weighted by molar-refractivity contribution is 6.31. The number of carbonyl (C=O) groups is 1. The zero-order valence-electron chi connectivity index (χ0n) is 9.70. The van der Waals surface area contributed by atoms with Crippen LogP contribution < -0.4 is 4.74 Å². The van der Waals surface area contributed by atoms with Crippen molar-refractivity contribution in [2.45, 2.75) is 6.61 Å². The molecule has 0 aliphatic rings. The van der Waals surface area contributed by atoms with E-state index in [-0.39, 0.29) is 6.61 Å². The van der Waals surface area contributed by atoms with E-state index in [2.05, 4.69) is 0 Å². The van der Waals surface area contributed by atoms with Gasteiger partial charge in [-0.05, 0) is 36.4 Å². The second-order valence-electron chi connectivity index (χ2n) is 3.82. The SMILES string of the molecule is O=Cc1cc(Cl)ccc1OCc1cc(Cl)ccc1F. The third-order valence-electron chi connectivity index (χ3n) is 2.49. The predicted molar refractivity (Wildman–Crippen MR) is 72.6 cm³/mol. The van der Waals surface area contributed by atoms with Gasteiger partial charge in [-0.15, -0.1) is 0 Å². The molecule has 0 aliphatic carbocycles. The van der Waals surface area contributed by atoms with Gasteiger partial charge in [-0.3, -0.25) is 4.79 Å². The van der Waals surface area contributed by atoms with E-state index < -0.39 is 5.82 Å². The van der Waals surface area contributed by atoms with Crippen LogP contribution in [0.4, 0.5) is 4.39 Å². The zero-order valence-corrected chi connectivity index (χ0v) is 11.2. The molecule has 0 radical (unpaired) electrons. The molecule has 0 saturated heterocycles. The quantitative estimate of drug-likeness (QED) is 0.776. The van der Waals surface area contributed by atoms with Crippen LogP contribution in [-0.2, 0) is 6.61 Å². The summed E-state index contributed by atoms with van der Waals surface area (Å²) >= 11 is 11.5. The van der Waals surface area contributed by atoms with Crippen LogP contribution >= 0.6 is 23.2 Å². The number of hydrogen-bond acceptors (Lipinski definition) is 2. The van der Waals surface area contributed by atoms with Crippen LogP contribution in [0.5, 0.6) is 5.75 Å². The van der Waals surface area contributed by atoms with Gasteiger partial charge in [0.1, 0.15) is 18.2 Å². The summed E-state index contributed by atoms with van der Waals surface area (Å²) in [6, 6.07) is 8.85. The van der Waals surface area contributed by atoms with Gasteiger partial charge in [0.05, 0.1) is 5.56 Å². The van der Waals surface area contributed by atoms with Gasteiger partial charge in [-0.1, -0.05) is 23.2 Å². The minimum atomic E-state index is -0.411. The summed E-state index contributed by atoms with van der Waals surface area (Å²) in [5.41, 5.74) is 0.634. The lowest BCUT2D eigenvalue weighted by molar-refractivity contribution is 0.111.